The van der Waals surface area contributed by atoms with Gasteiger partial charge in [-0.05, 0) is 52.3 Å². The fourth-order valence-corrected chi connectivity index (χ4v) is 3.51. The first-order valence-corrected chi connectivity index (χ1v) is 10.2. The van der Waals surface area contributed by atoms with Gasteiger partial charge in [-0.15, -0.1) is 0 Å². The van der Waals surface area contributed by atoms with Crippen molar-refractivity contribution in [2.45, 2.75) is 6.61 Å². The zero-order chi connectivity index (χ0) is 22.5. The lowest BCUT2D eigenvalue weighted by Gasteiger charge is -2.10. The number of halogens is 1. The van der Waals surface area contributed by atoms with Crippen LogP contribution in [0, 0.1) is 0 Å². The van der Waals surface area contributed by atoms with Gasteiger partial charge in [0.05, 0.1) is 30.5 Å². The maximum absolute atomic E-state index is 12.4. The lowest BCUT2D eigenvalue weighted by molar-refractivity contribution is 0.0923. The number of amides is 1. The van der Waals surface area contributed by atoms with Gasteiger partial charge < -0.3 is 28.1 Å². The molecule has 0 spiro atoms. The smallest absolute Gasteiger partial charge is 0.307 e. The summed E-state index contributed by atoms with van der Waals surface area (Å²) in [5.74, 6) is 3.14. The van der Waals surface area contributed by atoms with Crippen molar-refractivity contribution in [2.24, 2.45) is 5.10 Å². The second kappa shape index (κ2) is 9.65. The van der Waals surface area contributed by atoms with Crippen LogP contribution >= 0.6 is 15.9 Å². The molecule has 4 rings (SSSR count). The van der Waals surface area contributed by atoms with Crippen LogP contribution in [0.4, 0.5) is 0 Å². The van der Waals surface area contributed by atoms with Crippen LogP contribution in [0.25, 0.3) is 0 Å². The average Bonchev–Trinajstić information content (AvgIpc) is 3.47. The fourth-order valence-electron chi connectivity index (χ4n) is 2.92. The van der Waals surface area contributed by atoms with E-state index in [1.54, 1.807) is 56.7 Å². The second-order valence-corrected chi connectivity index (χ2v) is 7.26. The maximum Gasteiger partial charge on any atom is 0.307 e. The molecule has 166 valence electrons. The molecule has 0 aliphatic carbocycles. The normalized spacial score (nSPS) is 12.1. The van der Waals surface area contributed by atoms with E-state index in [4.69, 9.17) is 28.1 Å². The molecule has 9 nitrogen and oxygen atoms in total. The Morgan fingerprint density at radius 1 is 1.09 bits per heavy atom. The van der Waals surface area contributed by atoms with Crippen LogP contribution in [0.1, 0.15) is 21.9 Å². The molecular formula is C22H19BrN2O7. The zero-order valence-electron chi connectivity index (χ0n) is 17.2. The highest BCUT2D eigenvalue weighted by atomic mass is 79.9. The fraction of sp³-hybridized carbons (Fsp3) is 0.182. The summed E-state index contributed by atoms with van der Waals surface area (Å²) in [6.45, 7) is 0.337. The third-order valence-electron chi connectivity index (χ3n) is 4.51. The summed E-state index contributed by atoms with van der Waals surface area (Å²) in [4.78, 5) is 12.4. The summed E-state index contributed by atoms with van der Waals surface area (Å²) >= 11 is 3.45. The predicted molar refractivity (Wildman–Crippen MR) is 118 cm³/mol. The quantitative estimate of drug-likeness (QED) is 0.365. The minimum absolute atomic E-state index is 0.100. The van der Waals surface area contributed by atoms with Gasteiger partial charge in [-0.25, -0.2) is 5.43 Å². The first-order chi connectivity index (χ1) is 15.6. The summed E-state index contributed by atoms with van der Waals surface area (Å²) in [7, 11) is 3.10. The highest BCUT2D eigenvalue weighted by molar-refractivity contribution is 9.10. The number of fused-ring (bicyclic) bond motifs is 1. The molecule has 1 N–H and O–H groups in total. The zero-order valence-corrected chi connectivity index (χ0v) is 18.8. The van der Waals surface area contributed by atoms with Gasteiger partial charge in [-0.3, -0.25) is 4.79 Å². The molecular weight excluding hydrogens is 484 g/mol. The number of ether oxygens (including phenoxy) is 5. The summed E-state index contributed by atoms with van der Waals surface area (Å²) in [5.41, 5.74) is 3.04. The number of furan rings is 1. The summed E-state index contributed by atoms with van der Waals surface area (Å²) in [5, 5.41) is 3.99. The van der Waals surface area contributed by atoms with Crippen molar-refractivity contribution in [1.82, 2.24) is 5.43 Å². The molecule has 32 heavy (non-hydrogen) atoms. The molecule has 0 atom stereocenters. The molecule has 0 saturated heterocycles. The van der Waals surface area contributed by atoms with E-state index in [-0.39, 0.29) is 19.2 Å². The largest absolute Gasteiger partial charge is 0.496 e. The molecule has 0 fully saturated rings. The Bertz CT molecular complexity index is 1160. The summed E-state index contributed by atoms with van der Waals surface area (Å²) in [6, 6.07) is 12.0. The summed E-state index contributed by atoms with van der Waals surface area (Å²) < 4.78 is 33.1. The Morgan fingerprint density at radius 3 is 2.69 bits per heavy atom. The Hall–Kier alpha value is -3.66. The lowest BCUT2D eigenvalue weighted by Crippen LogP contribution is -2.17. The van der Waals surface area contributed by atoms with Crippen molar-refractivity contribution in [3.05, 3.63) is 64.0 Å². The number of benzene rings is 2. The van der Waals surface area contributed by atoms with Gasteiger partial charge >= 0.3 is 5.91 Å². The van der Waals surface area contributed by atoms with Gasteiger partial charge in [0, 0.05) is 6.07 Å². The Kier molecular flexibility index (Phi) is 6.50. The Morgan fingerprint density at radius 2 is 1.88 bits per heavy atom. The van der Waals surface area contributed by atoms with Crippen LogP contribution in [-0.4, -0.2) is 33.1 Å². The van der Waals surface area contributed by atoms with Gasteiger partial charge in [0.2, 0.25) is 6.79 Å². The van der Waals surface area contributed by atoms with Crippen LogP contribution in [-0.2, 0) is 6.61 Å². The standard InChI is InChI=1S/C22H19BrN2O7/c1-27-16-7-8-18(28-2)21(23)15(16)10-24-25-22(26)19-6-4-14(32-19)11-29-13-3-5-17-20(9-13)31-12-30-17/h3-10H,11-12H2,1-2H3,(H,25,26). The number of hydrogen-bond acceptors (Lipinski definition) is 8. The molecule has 2 aromatic carbocycles. The van der Waals surface area contributed by atoms with Crippen molar-refractivity contribution in [2.75, 3.05) is 21.0 Å². The van der Waals surface area contributed by atoms with Crippen molar-refractivity contribution in [1.29, 1.82) is 0 Å². The molecule has 1 aromatic heterocycles. The molecule has 1 aliphatic heterocycles. The number of carbonyl (C=O) groups is 1. The molecule has 0 unspecified atom stereocenters. The van der Waals surface area contributed by atoms with E-state index >= 15 is 0 Å². The maximum atomic E-state index is 12.4. The average molecular weight is 503 g/mol. The molecule has 10 heteroatoms. The van der Waals surface area contributed by atoms with Gasteiger partial charge in [0.15, 0.2) is 17.3 Å². The monoisotopic (exact) mass is 502 g/mol. The van der Waals surface area contributed by atoms with E-state index in [2.05, 4.69) is 26.5 Å². The van der Waals surface area contributed by atoms with Gasteiger partial charge in [0.1, 0.15) is 29.6 Å². The molecule has 1 amide bonds. The molecule has 3 aromatic rings. The van der Waals surface area contributed by atoms with Gasteiger partial charge in [-0.1, -0.05) is 0 Å². The van der Waals surface area contributed by atoms with Gasteiger partial charge in [0.25, 0.3) is 0 Å². The number of carbonyl (C=O) groups excluding carboxylic acids is 1. The van der Waals surface area contributed by atoms with Crippen LogP contribution in [0.15, 0.2) is 56.5 Å². The van der Waals surface area contributed by atoms with Gasteiger partial charge in [-0.2, -0.15) is 5.10 Å². The van der Waals surface area contributed by atoms with E-state index < -0.39 is 5.91 Å². The minimum Gasteiger partial charge on any atom is -0.496 e. The number of methoxy groups -OCH3 is 2. The number of nitrogens with zero attached hydrogens (tertiary/aromatic N) is 1. The third-order valence-corrected chi connectivity index (χ3v) is 5.33. The highest BCUT2D eigenvalue weighted by Gasteiger charge is 2.15. The van der Waals surface area contributed by atoms with Crippen molar-refractivity contribution < 1.29 is 32.9 Å². The summed E-state index contributed by atoms with van der Waals surface area (Å²) in [6.07, 6.45) is 1.45. The van der Waals surface area contributed by atoms with Crippen LogP contribution in [0.2, 0.25) is 0 Å². The number of nitrogens with one attached hydrogen (secondary N) is 1. The van der Waals surface area contributed by atoms with Crippen LogP contribution in [0.5, 0.6) is 28.7 Å². The van der Waals surface area contributed by atoms with E-state index in [0.717, 1.165) is 0 Å². The number of rotatable bonds is 8. The number of hydrogen-bond donors (Lipinski definition) is 1. The minimum atomic E-state index is -0.506. The molecule has 2 heterocycles. The topological polar surface area (TPSA) is 101 Å². The first kappa shape index (κ1) is 21.6. The molecule has 0 radical (unpaired) electrons. The van der Waals surface area contributed by atoms with Crippen LogP contribution in [0.3, 0.4) is 0 Å². The SMILES string of the molecule is COc1ccc(OC)c(C=NNC(=O)c2ccc(COc3ccc4c(c3)OCO4)o2)c1Br. The predicted octanol–water partition coefficient (Wildman–Crippen LogP) is 4.13. The Balaban J connectivity index is 1.36. The molecule has 0 saturated carbocycles. The Labute approximate surface area is 192 Å². The van der Waals surface area contributed by atoms with E-state index in [0.29, 0.717) is 44.5 Å². The van der Waals surface area contributed by atoms with E-state index in [1.165, 1.54) is 6.21 Å². The van der Waals surface area contributed by atoms with Crippen molar-refractivity contribution >= 4 is 28.1 Å². The molecule has 1 aliphatic rings. The van der Waals surface area contributed by atoms with Crippen molar-refractivity contribution in [3.63, 3.8) is 0 Å². The highest BCUT2D eigenvalue weighted by Crippen LogP contribution is 2.35. The lowest BCUT2D eigenvalue weighted by atomic mass is 10.2. The number of hydrazone groups is 1. The van der Waals surface area contributed by atoms with E-state index in [9.17, 15) is 4.79 Å². The third kappa shape index (κ3) is 4.65. The first-order valence-electron chi connectivity index (χ1n) is 9.44. The van der Waals surface area contributed by atoms with E-state index in [1.807, 2.05) is 0 Å². The van der Waals surface area contributed by atoms with Crippen LogP contribution < -0.4 is 29.1 Å². The molecule has 0 bridgehead atoms. The van der Waals surface area contributed by atoms with Crippen molar-refractivity contribution in [3.8, 4) is 28.7 Å². The second-order valence-electron chi connectivity index (χ2n) is 6.47.